The number of hydrogen-bond donors (Lipinski definition) is 0. The van der Waals surface area contributed by atoms with Crippen LogP contribution in [0.1, 0.15) is 17.0 Å². The quantitative estimate of drug-likeness (QED) is 0.848. The summed E-state index contributed by atoms with van der Waals surface area (Å²) >= 11 is 1.92. The Morgan fingerprint density at radius 2 is 2.09 bits per heavy atom. The lowest BCUT2D eigenvalue weighted by atomic mass is 10.0. The molecule has 0 spiro atoms. The molecule has 23 heavy (non-hydrogen) atoms. The van der Waals surface area contributed by atoms with Crippen molar-refractivity contribution in [2.45, 2.75) is 17.7 Å². The fraction of sp³-hybridized carbons (Fsp3) is 0.389. The van der Waals surface area contributed by atoms with Crippen molar-refractivity contribution in [3.8, 4) is 11.1 Å². The Labute approximate surface area is 139 Å². The molecule has 5 heteroatoms. The molecule has 4 nitrogen and oxygen atoms in total. The number of amides is 1. The summed E-state index contributed by atoms with van der Waals surface area (Å²) in [4.78, 5) is 15.1. The fourth-order valence-corrected chi connectivity index (χ4v) is 4.69. The van der Waals surface area contributed by atoms with E-state index in [2.05, 4.69) is 0 Å². The zero-order chi connectivity index (χ0) is 15.6. The van der Waals surface area contributed by atoms with Crippen LogP contribution >= 0.6 is 11.8 Å². The smallest absolute Gasteiger partial charge is 0.290 e. The summed E-state index contributed by atoms with van der Waals surface area (Å²) in [6.45, 7) is 2.25. The second kappa shape index (κ2) is 6.42. The molecule has 0 radical (unpaired) electrons. The number of furan rings is 1. The summed E-state index contributed by atoms with van der Waals surface area (Å²) in [5.41, 5.74) is 1.89. The first kappa shape index (κ1) is 14.8. The van der Waals surface area contributed by atoms with E-state index in [1.54, 1.807) is 6.26 Å². The molecule has 0 saturated carbocycles. The SMILES string of the molecule is O=C(c1occc1-c1ccccc1)N1CCS[C@@H]2COCC[C@@H]21. The first-order valence-corrected chi connectivity index (χ1v) is 9.02. The number of fused-ring (bicyclic) bond motifs is 1. The summed E-state index contributed by atoms with van der Waals surface area (Å²) in [7, 11) is 0. The van der Waals surface area contributed by atoms with Crippen LogP contribution in [-0.4, -0.2) is 47.6 Å². The molecule has 2 atom stereocenters. The third-order valence-corrected chi connectivity index (χ3v) is 5.84. The minimum atomic E-state index is 0.00560. The van der Waals surface area contributed by atoms with Gasteiger partial charge in [0.2, 0.25) is 0 Å². The van der Waals surface area contributed by atoms with Crippen molar-refractivity contribution in [2.24, 2.45) is 0 Å². The second-order valence-corrected chi connectivity index (χ2v) is 7.22. The highest BCUT2D eigenvalue weighted by Gasteiger charge is 2.38. The van der Waals surface area contributed by atoms with E-state index in [1.165, 1.54) is 0 Å². The predicted molar refractivity (Wildman–Crippen MR) is 90.7 cm³/mol. The third kappa shape index (κ3) is 2.79. The zero-order valence-electron chi connectivity index (χ0n) is 12.8. The van der Waals surface area contributed by atoms with E-state index in [0.717, 1.165) is 43.1 Å². The molecule has 0 unspecified atom stereocenters. The van der Waals surface area contributed by atoms with Crippen LogP contribution in [0.4, 0.5) is 0 Å². The largest absolute Gasteiger partial charge is 0.459 e. The molecule has 0 N–H and O–H groups in total. The summed E-state index contributed by atoms with van der Waals surface area (Å²) in [5.74, 6) is 1.41. The van der Waals surface area contributed by atoms with Crippen LogP contribution in [0, 0.1) is 0 Å². The molecular formula is C18H19NO3S. The van der Waals surface area contributed by atoms with Gasteiger partial charge in [0.25, 0.3) is 5.91 Å². The minimum absolute atomic E-state index is 0.00560. The molecule has 2 saturated heterocycles. The van der Waals surface area contributed by atoms with Crippen molar-refractivity contribution in [3.63, 3.8) is 0 Å². The molecule has 2 aromatic rings. The lowest BCUT2D eigenvalue weighted by molar-refractivity contribution is 0.0301. The zero-order valence-corrected chi connectivity index (χ0v) is 13.6. The van der Waals surface area contributed by atoms with Crippen molar-refractivity contribution < 1.29 is 13.9 Å². The van der Waals surface area contributed by atoms with Gasteiger partial charge in [0, 0.05) is 35.8 Å². The number of hydrogen-bond acceptors (Lipinski definition) is 4. The molecule has 2 fully saturated rings. The average Bonchev–Trinajstić information content (AvgIpc) is 3.11. The Hall–Kier alpha value is -1.72. The van der Waals surface area contributed by atoms with Crippen molar-refractivity contribution in [2.75, 3.05) is 25.5 Å². The molecule has 1 amide bonds. The van der Waals surface area contributed by atoms with Crippen LogP contribution in [0.3, 0.4) is 0 Å². The van der Waals surface area contributed by atoms with E-state index in [9.17, 15) is 4.79 Å². The Bertz CT molecular complexity index is 683. The Morgan fingerprint density at radius 3 is 2.96 bits per heavy atom. The number of nitrogens with zero attached hydrogens (tertiary/aromatic N) is 1. The highest BCUT2D eigenvalue weighted by Crippen LogP contribution is 2.33. The average molecular weight is 329 g/mol. The van der Waals surface area contributed by atoms with Crippen LogP contribution in [0.5, 0.6) is 0 Å². The van der Waals surface area contributed by atoms with Gasteiger partial charge in [-0.3, -0.25) is 4.79 Å². The van der Waals surface area contributed by atoms with Crippen molar-refractivity contribution in [3.05, 3.63) is 48.4 Å². The number of benzene rings is 1. The highest BCUT2D eigenvalue weighted by atomic mass is 32.2. The highest BCUT2D eigenvalue weighted by molar-refractivity contribution is 8.00. The molecule has 3 heterocycles. The number of carbonyl (C=O) groups is 1. The molecule has 2 aliphatic heterocycles. The van der Waals surface area contributed by atoms with Crippen LogP contribution in [-0.2, 0) is 4.74 Å². The summed E-state index contributed by atoms with van der Waals surface area (Å²) in [6.07, 6.45) is 2.51. The van der Waals surface area contributed by atoms with Gasteiger partial charge in [0.15, 0.2) is 5.76 Å². The Morgan fingerprint density at radius 1 is 1.22 bits per heavy atom. The van der Waals surface area contributed by atoms with E-state index in [-0.39, 0.29) is 11.9 Å². The van der Waals surface area contributed by atoms with Gasteiger partial charge in [-0.15, -0.1) is 0 Å². The van der Waals surface area contributed by atoms with Crippen molar-refractivity contribution in [1.29, 1.82) is 0 Å². The fourth-order valence-electron chi connectivity index (χ4n) is 3.39. The Kier molecular flexibility index (Phi) is 4.14. The normalized spacial score (nSPS) is 24.3. The summed E-state index contributed by atoms with van der Waals surface area (Å²) in [6, 6.07) is 12.1. The molecule has 0 aliphatic carbocycles. The molecule has 120 valence electrons. The van der Waals surface area contributed by atoms with E-state index in [1.807, 2.05) is 53.1 Å². The Balaban J connectivity index is 1.63. The number of rotatable bonds is 2. The molecule has 1 aromatic heterocycles. The standard InChI is InChI=1S/C18H19NO3S/c20-18(19-8-11-23-16-12-21-9-7-15(16)19)17-14(6-10-22-17)13-4-2-1-3-5-13/h1-6,10,15-16H,7-9,11-12H2/t15-,16+/m0/s1. The number of ether oxygens (including phenoxy) is 1. The first-order valence-electron chi connectivity index (χ1n) is 7.98. The second-order valence-electron chi connectivity index (χ2n) is 5.87. The van der Waals surface area contributed by atoms with Gasteiger partial charge in [-0.1, -0.05) is 30.3 Å². The molecule has 2 aliphatic rings. The van der Waals surface area contributed by atoms with Crippen molar-refractivity contribution in [1.82, 2.24) is 4.90 Å². The van der Waals surface area contributed by atoms with Gasteiger partial charge in [-0.2, -0.15) is 11.8 Å². The molecular weight excluding hydrogens is 310 g/mol. The maximum Gasteiger partial charge on any atom is 0.290 e. The third-order valence-electron chi connectivity index (χ3n) is 4.54. The van der Waals surface area contributed by atoms with Gasteiger partial charge >= 0.3 is 0 Å². The predicted octanol–water partition coefficient (Wildman–Crippen LogP) is 3.29. The topological polar surface area (TPSA) is 42.7 Å². The maximum atomic E-state index is 13.1. The number of carbonyl (C=O) groups excluding carboxylic acids is 1. The van der Waals surface area contributed by atoms with Crippen molar-refractivity contribution >= 4 is 17.7 Å². The maximum absolute atomic E-state index is 13.1. The van der Waals surface area contributed by atoms with Gasteiger partial charge in [-0.05, 0) is 18.1 Å². The van der Waals surface area contributed by atoms with E-state index in [0.29, 0.717) is 11.0 Å². The van der Waals surface area contributed by atoms with Crippen LogP contribution < -0.4 is 0 Å². The monoisotopic (exact) mass is 329 g/mol. The lowest BCUT2D eigenvalue weighted by Gasteiger charge is -2.43. The van der Waals surface area contributed by atoms with Crippen LogP contribution in [0.15, 0.2) is 47.1 Å². The van der Waals surface area contributed by atoms with Gasteiger partial charge in [-0.25, -0.2) is 0 Å². The van der Waals surface area contributed by atoms with E-state index < -0.39 is 0 Å². The van der Waals surface area contributed by atoms with E-state index in [4.69, 9.17) is 9.15 Å². The van der Waals surface area contributed by atoms with Gasteiger partial charge in [0.05, 0.1) is 12.9 Å². The van der Waals surface area contributed by atoms with E-state index >= 15 is 0 Å². The minimum Gasteiger partial charge on any atom is -0.459 e. The summed E-state index contributed by atoms with van der Waals surface area (Å²) in [5, 5.41) is 0.386. The van der Waals surface area contributed by atoms with Gasteiger partial charge < -0.3 is 14.1 Å². The molecule has 4 rings (SSSR count). The lowest BCUT2D eigenvalue weighted by Crippen LogP contribution is -2.54. The molecule has 0 bridgehead atoms. The summed E-state index contributed by atoms with van der Waals surface area (Å²) < 4.78 is 11.2. The first-order chi connectivity index (χ1) is 11.3. The van der Waals surface area contributed by atoms with Crippen LogP contribution in [0.2, 0.25) is 0 Å². The van der Waals surface area contributed by atoms with Gasteiger partial charge in [0.1, 0.15) is 0 Å². The van der Waals surface area contributed by atoms with Crippen LogP contribution in [0.25, 0.3) is 11.1 Å². The number of thioether (sulfide) groups is 1. The molecule has 1 aromatic carbocycles.